The number of aromatic amines is 1. The minimum atomic E-state index is -0.141. The van der Waals surface area contributed by atoms with Gasteiger partial charge in [0.2, 0.25) is 0 Å². The van der Waals surface area contributed by atoms with Crippen LogP contribution in [0.1, 0.15) is 27.3 Å². The molecule has 0 saturated carbocycles. The molecule has 1 heterocycles. The lowest BCUT2D eigenvalue weighted by molar-refractivity contribution is 0.0950. The highest BCUT2D eigenvalue weighted by molar-refractivity contribution is 5.94. The number of aromatic nitrogens is 4. The number of aryl methyl sites for hydroxylation is 2. The van der Waals surface area contributed by atoms with Gasteiger partial charge in [0.05, 0.1) is 6.54 Å². The van der Waals surface area contributed by atoms with Crippen LogP contribution in [0.4, 0.5) is 0 Å². The van der Waals surface area contributed by atoms with Crippen molar-refractivity contribution in [1.29, 1.82) is 0 Å². The maximum atomic E-state index is 11.8. The predicted molar refractivity (Wildman–Crippen MR) is 61.3 cm³/mol. The van der Waals surface area contributed by atoms with E-state index in [1.54, 1.807) is 6.07 Å². The first kappa shape index (κ1) is 11.3. The van der Waals surface area contributed by atoms with Crippen LogP contribution in [0.2, 0.25) is 0 Å². The Labute approximate surface area is 98.4 Å². The molecule has 2 rings (SSSR count). The third-order valence-electron chi connectivity index (χ3n) is 2.57. The molecule has 0 unspecified atom stereocenters. The molecule has 0 aliphatic rings. The number of amides is 1. The van der Waals surface area contributed by atoms with Crippen LogP contribution in [0.25, 0.3) is 0 Å². The Hall–Kier alpha value is -2.24. The van der Waals surface area contributed by atoms with Gasteiger partial charge in [0, 0.05) is 5.56 Å². The molecule has 0 spiro atoms. The summed E-state index contributed by atoms with van der Waals surface area (Å²) >= 11 is 0. The van der Waals surface area contributed by atoms with Crippen LogP contribution in [0, 0.1) is 13.8 Å². The number of nitrogens with one attached hydrogen (secondary N) is 2. The average molecular weight is 231 g/mol. The highest BCUT2D eigenvalue weighted by Crippen LogP contribution is 2.09. The lowest BCUT2D eigenvalue weighted by Gasteiger charge is -2.05. The highest BCUT2D eigenvalue weighted by atomic mass is 16.1. The number of H-pyrrole nitrogens is 1. The number of tetrazole rings is 1. The Morgan fingerprint density at radius 3 is 2.82 bits per heavy atom. The molecule has 0 bridgehead atoms. The van der Waals surface area contributed by atoms with Crippen molar-refractivity contribution in [3.63, 3.8) is 0 Å². The summed E-state index contributed by atoms with van der Waals surface area (Å²) in [6.07, 6.45) is 0. The van der Waals surface area contributed by atoms with E-state index in [0.717, 1.165) is 5.56 Å². The third-order valence-corrected chi connectivity index (χ3v) is 2.57. The van der Waals surface area contributed by atoms with Gasteiger partial charge in [-0.05, 0) is 37.1 Å². The Balaban J connectivity index is 2.02. The lowest BCUT2D eigenvalue weighted by atomic mass is 10.1. The Morgan fingerprint density at radius 1 is 1.35 bits per heavy atom. The number of carbonyl (C=O) groups is 1. The largest absolute Gasteiger partial charge is 0.345 e. The van der Waals surface area contributed by atoms with Gasteiger partial charge in [-0.3, -0.25) is 4.79 Å². The summed E-state index contributed by atoms with van der Waals surface area (Å²) in [5.41, 5.74) is 2.90. The van der Waals surface area contributed by atoms with Crippen molar-refractivity contribution in [3.05, 3.63) is 40.7 Å². The molecule has 0 aliphatic carbocycles. The fourth-order valence-electron chi connectivity index (χ4n) is 1.40. The predicted octanol–water partition coefficient (Wildman–Crippen LogP) is 0.747. The van der Waals surface area contributed by atoms with Gasteiger partial charge in [-0.15, -0.1) is 10.2 Å². The van der Waals surface area contributed by atoms with Crippen molar-refractivity contribution in [1.82, 2.24) is 25.9 Å². The monoisotopic (exact) mass is 231 g/mol. The topological polar surface area (TPSA) is 83.6 Å². The molecule has 0 aliphatic heterocycles. The number of carbonyl (C=O) groups excluding carboxylic acids is 1. The highest BCUT2D eigenvalue weighted by Gasteiger charge is 2.07. The van der Waals surface area contributed by atoms with Gasteiger partial charge >= 0.3 is 0 Å². The summed E-state index contributed by atoms with van der Waals surface area (Å²) in [6.45, 7) is 4.25. The van der Waals surface area contributed by atoms with Crippen molar-refractivity contribution in [2.24, 2.45) is 0 Å². The number of rotatable bonds is 3. The molecule has 1 aromatic carbocycles. The zero-order valence-electron chi connectivity index (χ0n) is 9.69. The third kappa shape index (κ3) is 2.66. The fourth-order valence-corrected chi connectivity index (χ4v) is 1.40. The summed E-state index contributed by atoms with van der Waals surface area (Å²) in [6, 6.07) is 5.59. The molecule has 1 aromatic heterocycles. The molecular formula is C11H13N5O. The van der Waals surface area contributed by atoms with Crippen molar-refractivity contribution < 1.29 is 4.79 Å². The molecule has 1 amide bonds. The normalized spacial score (nSPS) is 10.2. The summed E-state index contributed by atoms with van der Waals surface area (Å²) in [7, 11) is 0. The molecule has 0 atom stereocenters. The maximum Gasteiger partial charge on any atom is 0.251 e. The molecule has 6 nitrogen and oxygen atoms in total. The van der Waals surface area contributed by atoms with Crippen LogP contribution >= 0.6 is 0 Å². The Bertz CT molecular complexity index is 521. The van der Waals surface area contributed by atoms with E-state index >= 15 is 0 Å². The molecule has 2 aromatic rings. The van der Waals surface area contributed by atoms with E-state index in [2.05, 4.69) is 25.9 Å². The average Bonchev–Trinajstić information content (AvgIpc) is 2.82. The number of nitrogens with zero attached hydrogens (tertiary/aromatic N) is 3. The van der Waals surface area contributed by atoms with Crippen LogP contribution in [-0.2, 0) is 6.54 Å². The molecular weight excluding hydrogens is 218 g/mol. The van der Waals surface area contributed by atoms with Gasteiger partial charge in [-0.25, -0.2) is 0 Å². The van der Waals surface area contributed by atoms with Gasteiger partial charge in [0.25, 0.3) is 5.91 Å². The second-order valence-electron chi connectivity index (χ2n) is 3.81. The molecule has 88 valence electrons. The zero-order chi connectivity index (χ0) is 12.3. The van der Waals surface area contributed by atoms with Crippen molar-refractivity contribution in [2.45, 2.75) is 20.4 Å². The number of hydrogen-bond donors (Lipinski definition) is 2. The van der Waals surface area contributed by atoms with Gasteiger partial charge < -0.3 is 5.32 Å². The van der Waals surface area contributed by atoms with Gasteiger partial charge in [-0.1, -0.05) is 11.3 Å². The summed E-state index contributed by atoms with van der Waals surface area (Å²) in [4.78, 5) is 11.8. The van der Waals surface area contributed by atoms with E-state index in [1.807, 2.05) is 26.0 Å². The minimum Gasteiger partial charge on any atom is -0.345 e. The lowest BCUT2D eigenvalue weighted by Crippen LogP contribution is -2.23. The van der Waals surface area contributed by atoms with E-state index in [9.17, 15) is 4.79 Å². The Kier molecular flexibility index (Phi) is 3.13. The van der Waals surface area contributed by atoms with E-state index in [4.69, 9.17) is 0 Å². The first-order chi connectivity index (χ1) is 8.16. The second kappa shape index (κ2) is 4.73. The van der Waals surface area contributed by atoms with Crippen LogP contribution in [0.3, 0.4) is 0 Å². The van der Waals surface area contributed by atoms with Crippen LogP contribution in [0.5, 0.6) is 0 Å². The minimum absolute atomic E-state index is 0.141. The summed E-state index contributed by atoms with van der Waals surface area (Å²) in [5.74, 6) is 0.320. The van der Waals surface area contributed by atoms with Crippen molar-refractivity contribution in [3.8, 4) is 0 Å². The molecule has 0 radical (unpaired) electrons. The molecule has 17 heavy (non-hydrogen) atoms. The quantitative estimate of drug-likeness (QED) is 0.816. The van der Waals surface area contributed by atoms with Crippen LogP contribution in [0.15, 0.2) is 18.2 Å². The van der Waals surface area contributed by atoms with Gasteiger partial charge in [-0.2, -0.15) is 5.21 Å². The van der Waals surface area contributed by atoms with Crippen LogP contribution in [-0.4, -0.2) is 26.5 Å². The van der Waals surface area contributed by atoms with E-state index < -0.39 is 0 Å². The van der Waals surface area contributed by atoms with Gasteiger partial charge in [0.1, 0.15) is 0 Å². The van der Waals surface area contributed by atoms with Crippen molar-refractivity contribution in [2.75, 3.05) is 0 Å². The van der Waals surface area contributed by atoms with E-state index in [1.165, 1.54) is 5.56 Å². The number of hydrogen-bond acceptors (Lipinski definition) is 4. The zero-order valence-corrected chi connectivity index (χ0v) is 9.69. The maximum absolute atomic E-state index is 11.8. The van der Waals surface area contributed by atoms with E-state index in [0.29, 0.717) is 11.4 Å². The SMILES string of the molecule is Cc1ccc(C(=O)NCc2nn[nH]n2)cc1C. The molecule has 2 N–H and O–H groups in total. The molecule has 0 saturated heterocycles. The second-order valence-corrected chi connectivity index (χ2v) is 3.81. The fraction of sp³-hybridized carbons (Fsp3) is 0.273. The van der Waals surface area contributed by atoms with Crippen LogP contribution < -0.4 is 5.32 Å². The van der Waals surface area contributed by atoms with E-state index in [-0.39, 0.29) is 12.5 Å². The van der Waals surface area contributed by atoms with Crippen molar-refractivity contribution >= 4 is 5.91 Å². The first-order valence-electron chi connectivity index (χ1n) is 5.24. The summed E-state index contributed by atoms with van der Waals surface area (Å²) < 4.78 is 0. The molecule has 6 heteroatoms. The smallest absolute Gasteiger partial charge is 0.251 e. The standard InChI is InChI=1S/C11H13N5O/c1-7-3-4-9(5-8(7)2)11(17)12-6-10-13-15-16-14-10/h3-5H,6H2,1-2H3,(H,12,17)(H,13,14,15,16). The Morgan fingerprint density at radius 2 is 2.18 bits per heavy atom. The summed E-state index contributed by atoms with van der Waals surface area (Å²) in [5, 5.41) is 16.0. The number of benzene rings is 1. The first-order valence-corrected chi connectivity index (χ1v) is 5.24. The molecule has 0 fully saturated rings. The van der Waals surface area contributed by atoms with Gasteiger partial charge in [0.15, 0.2) is 5.82 Å².